The highest BCUT2D eigenvalue weighted by atomic mass is 127. The van der Waals surface area contributed by atoms with Gasteiger partial charge in [-0.1, -0.05) is 66.7 Å². The van der Waals surface area contributed by atoms with Crippen LogP contribution in [0.25, 0.3) is 0 Å². The predicted molar refractivity (Wildman–Crippen MR) is 136 cm³/mol. The Hall–Kier alpha value is 0.307. The van der Waals surface area contributed by atoms with Gasteiger partial charge in [0.25, 0.3) is 0 Å². The van der Waals surface area contributed by atoms with Gasteiger partial charge in [0, 0.05) is 24.6 Å². The lowest BCUT2D eigenvalue weighted by Crippen LogP contribution is -2.40. The molecule has 1 fully saturated rings. The predicted octanol–water partition coefficient (Wildman–Crippen LogP) is 7.66. The van der Waals surface area contributed by atoms with Crippen molar-refractivity contribution in [3.8, 4) is 0 Å². The van der Waals surface area contributed by atoms with E-state index in [1.807, 2.05) is 0 Å². The molecule has 0 aromatic heterocycles. The number of hydrogen-bond acceptors (Lipinski definition) is 3. The average molecular weight is 537 g/mol. The SMILES string of the molecule is COC1CC(CC/C(C)=C/CCI)[C@@H](/C=C(\C)CCCO[Si](C)(C)C(C)(C)C)O1. The van der Waals surface area contributed by atoms with Crippen LogP contribution in [0.5, 0.6) is 0 Å². The van der Waals surface area contributed by atoms with Gasteiger partial charge in [0.1, 0.15) is 0 Å². The molecule has 1 rings (SSSR count). The molecule has 0 radical (unpaired) electrons. The maximum Gasteiger partial charge on any atom is 0.191 e. The summed E-state index contributed by atoms with van der Waals surface area (Å²) in [6, 6.07) is 0. The monoisotopic (exact) mass is 536 g/mol. The Kier molecular flexibility index (Phi) is 12.2. The second kappa shape index (κ2) is 13.0. The van der Waals surface area contributed by atoms with Crippen molar-refractivity contribution in [3.63, 3.8) is 0 Å². The minimum absolute atomic E-state index is 0.0606. The van der Waals surface area contributed by atoms with Crippen LogP contribution in [0.3, 0.4) is 0 Å². The Labute approximate surface area is 195 Å². The van der Waals surface area contributed by atoms with Gasteiger partial charge in [-0.25, -0.2) is 0 Å². The molecule has 0 aromatic rings. The third-order valence-corrected chi connectivity index (χ3v) is 11.6. The number of ether oxygens (including phenoxy) is 2. The molecule has 29 heavy (non-hydrogen) atoms. The Bertz CT molecular complexity index is 537. The number of rotatable bonds is 12. The zero-order valence-electron chi connectivity index (χ0n) is 20.1. The summed E-state index contributed by atoms with van der Waals surface area (Å²) in [7, 11) is 0.119. The molecule has 0 spiro atoms. The van der Waals surface area contributed by atoms with Gasteiger partial charge in [-0.05, 0) is 70.0 Å². The normalized spacial score (nSPS) is 24.4. The lowest BCUT2D eigenvalue weighted by atomic mass is 9.92. The molecule has 1 aliphatic heterocycles. The van der Waals surface area contributed by atoms with Crippen molar-refractivity contribution in [2.75, 3.05) is 18.1 Å². The van der Waals surface area contributed by atoms with E-state index in [9.17, 15) is 0 Å². The zero-order valence-corrected chi connectivity index (χ0v) is 23.3. The van der Waals surface area contributed by atoms with Gasteiger partial charge < -0.3 is 13.9 Å². The van der Waals surface area contributed by atoms with E-state index in [0.29, 0.717) is 5.92 Å². The maximum atomic E-state index is 6.32. The highest BCUT2D eigenvalue weighted by Gasteiger charge is 2.37. The van der Waals surface area contributed by atoms with Crippen LogP contribution in [0.1, 0.15) is 73.1 Å². The van der Waals surface area contributed by atoms with E-state index in [4.69, 9.17) is 13.9 Å². The number of allylic oxidation sites excluding steroid dienone is 3. The van der Waals surface area contributed by atoms with Crippen LogP contribution in [0, 0.1) is 5.92 Å². The molecule has 0 saturated carbocycles. The summed E-state index contributed by atoms with van der Waals surface area (Å²) >= 11 is 2.44. The van der Waals surface area contributed by atoms with Gasteiger partial charge in [0.05, 0.1) is 6.10 Å². The molecule has 2 unspecified atom stereocenters. The fourth-order valence-electron chi connectivity index (χ4n) is 3.41. The van der Waals surface area contributed by atoms with Gasteiger partial charge in [0.15, 0.2) is 14.6 Å². The van der Waals surface area contributed by atoms with E-state index in [-0.39, 0.29) is 17.4 Å². The van der Waals surface area contributed by atoms with Crippen molar-refractivity contribution in [1.29, 1.82) is 0 Å². The molecule has 0 aliphatic carbocycles. The minimum Gasteiger partial charge on any atom is -0.417 e. The summed E-state index contributed by atoms with van der Waals surface area (Å²) in [5.74, 6) is 0.543. The van der Waals surface area contributed by atoms with Crippen LogP contribution < -0.4 is 0 Å². The van der Waals surface area contributed by atoms with E-state index < -0.39 is 8.32 Å². The Morgan fingerprint density at radius 3 is 2.45 bits per heavy atom. The molecular formula is C24H45IO3Si. The lowest BCUT2D eigenvalue weighted by Gasteiger charge is -2.36. The summed E-state index contributed by atoms with van der Waals surface area (Å²) in [6.45, 7) is 16.9. The van der Waals surface area contributed by atoms with Crippen molar-refractivity contribution in [3.05, 3.63) is 23.3 Å². The first-order chi connectivity index (χ1) is 13.5. The van der Waals surface area contributed by atoms with E-state index in [2.05, 4.69) is 82.5 Å². The Balaban J connectivity index is 2.54. The quantitative estimate of drug-likeness (QED) is 0.0843. The second-order valence-electron chi connectivity index (χ2n) is 10.1. The van der Waals surface area contributed by atoms with E-state index in [1.165, 1.54) is 28.4 Å². The van der Waals surface area contributed by atoms with Crippen molar-refractivity contribution >= 4 is 30.9 Å². The van der Waals surface area contributed by atoms with Crippen LogP contribution >= 0.6 is 22.6 Å². The lowest BCUT2D eigenvalue weighted by molar-refractivity contribution is -0.105. The van der Waals surface area contributed by atoms with Crippen molar-refractivity contribution in [2.45, 2.75) is 104 Å². The van der Waals surface area contributed by atoms with Gasteiger partial charge >= 0.3 is 0 Å². The first-order valence-electron chi connectivity index (χ1n) is 11.2. The van der Waals surface area contributed by atoms with Crippen molar-refractivity contribution in [2.24, 2.45) is 5.92 Å². The van der Waals surface area contributed by atoms with Gasteiger partial charge in [-0.2, -0.15) is 0 Å². The fraction of sp³-hybridized carbons (Fsp3) is 0.833. The van der Waals surface area contributed by atoms with Crippen LogP contribution in [-0.2, 0) is 13.9 Å². The standard InChI is InChI=1S/C24H45IO3Si/c1-19(11-9-15-25)13-14-21-18-23(26-6)28-22(21)17-20(2)12-10-16-27-29(7,8)24(3,4)5/h11,17,21-23H,9-10,12-16,18H2,1-8H3/b19-11+,20-17+/t21?,22-,23?/m1/s1. The van der Waals surface area contributed by atoms with Crippen LogP contribution in [0.15, 0.2) is 23.3 Å². The van der Waals surface area contributed by atoms with E-state index in [0.717, 1.165) is 32.3 Å². The number of alkyl halides is 1. The maximum absolute atomic E-state index is 6.32. The molecule has 170 valence electrons. The summed E-state index contributed by atoms with van der Waals surface area (Å²) in [6.07, 6.45) is 11.5. The number of hydrogen-bond donors (Lipinski definition) is 0. The molecule has 3 atom stereocenters. The summed E-state index contributed by atoms with van der Waals surface area (Å²) in [5.41, 5.74) is 2.91. The molecule has 1 saturated heterocycles. The third kappa shape index (κ3) is 9.98. The topological polar surface area (TPSA) is 27.7 Å². The van der Waals surface area contributed by atoms with Crippen molar-refractivity contribution in [1.82, 2.24) is 0 Å². The van der Waals surface area contributed by atoms with E-state index >= 15 is 0 Å². The minimum atomic E-state index is -1.64. The Morgan fingerprint density at radius 2 is 1.86 bits per heavy atom. The van der Waals surface area contributed by atoms with Crippen LogP contribution in [-0.4, -0.2) is 38.9 Å². The highest BCUT2D eigenvalue weighted by Crippen LogP contribution is 2.37. The highest BCUT2D eigenvalue weighted by molar-refractivity contribution is 14.1. The number of halogens is 1. The van der Waals surface area contributed by atoms with Gasteiger partial charge in [-0.3, -0.25) is 0 Å². The fourth-order valence-corrected chi connectivity index (χ4v) is 4.81. The first-order valence-corrected chi connectivity index (χ1v) is 15.6. The average Bonchev–Trinajstić information content (AvgIpc) is 3.02. The summed E-state index contributed by atoms with van der Waals surface area (Å²) in [4.78, 5) is 0. The third-order valence-electron chi connectivity index (χ3n) is 6.48. The smallest absolute Gasteiger partial charge is 0.191 e. The Morgan fingerprint density at radius 1 is 1.17 bits per heavy atom. The summed E-state index contributed by atoms with van der Waals surface area (Å²) in [5, 5.41) is 0.279. The van der Waals surface area contributed by atoms with Crippen LogP contribution in [0.2, 0.25) is 18.1 Å². The largest absolute Gasteiger partial charge is 0.417 e. The molecule has 0 aromatic carbocycles. The van der Waals surface area contributed by atoms with Gasteiger partial charge in [-0.15, -0.1) is 0 Å². The summed E-state index contributed by atoms with van der Waals surface area (Å²) < 4.78 is 19.2. The number of methoxy groups -OCH3 is 1. The second-order valence-corrected chi connectivity index (χ2v) is 15.9. The zero-order chi connectivity index (χ0) is 22.1. The first kappa shape index (κ1) is 27.3. The molecule has 3 nitrogen and oxygen atoms in total. The molecule has 1 aliphatic rings. The van der Waals surface area contributed by atoms with Crippen molar-refractivity contribution < 1.29 is 13.9 Å². The van der Waals surface area contributed by atoms with E-state index in [1.54, 1.807) is 7.11 Å². The van der Waals surface area contributed by atoms with Crippen LogP contribution in [0.4, 0.5) is 0 Å². The molecule has 1 heterocycles. The molecule has 5 heteroatoms. The molecular weight excluding hydrogens is 491 g/mol. The molecule has 0 amide bonds. The van der Waals surface area contributed by atoms with Gasteiger partial charge in [0.2, 0.25) is 0 Å². The molecule has 0 bridgehead atoms. The molecule has 0 N–H and O–H groups in total.